The molecular weight excluding hydrogens is 184 g/mol. The number of likely N-dealkylation sites (tertiary alicyclic amines) is 1. The molecule has 1 saturated carbocycles. The molecule has 5 nitrogen and oxygen atoms in total. The molecule has 2 N–H and O–H groups in total. The van der Waals surface area contributed by atoms with Gasteiger partial charge in [0.25, 0.3) is 0 Å². The second-order valence-corrected chi connectivity index (χ2v) is 4.09. The van der Waals surface area contributed by atoms with Gasteiger partial charge in [-0.15, -0.1) is 0 Å². The first-order valence-electron chi connectivity index (χ1n) is 4.92. The zero-order valence-corrected chi connectivity index (χ0v) is 7.90. The van der Waals surface area contributed by atoms with Crippen LogP contribution in [0.1, 0.15) is 19.3 Å². The molecule has 5 heteroatoms. The molecule has 2 amide bonds. The Balaban J connectivity index is 1.65. The van der Waals surface area contributed by atoms with Gasteiger partial charge in [0.2, 0.25) is 0 Å². The predicted molar refractivity (Wildman–Crippen MR) is 48.9 cm³/mol. The van der Waals surface area contributed by atoms with Gasteiger partial charge in [0.1, 0.15) is 0 Å². The minimum absolute atomic E-state index is 0.0332. The van der Waals surface area contributed by atoms with Crippen LogP contribution in [0.4, 0.5) is 4.79 Å². The highest BCUT2D eigenvalue weighted by atomic mass is 16.4. The second-order valence-electron chi connectivity index (χ2n) is 4.09. The molecular formula is C9H14N2O3. The number of carbonyl (C=O) groups excluding carboxylic acids is 1. The molecule has 1 saturated heterocycles. The summed E-state index contributed by atoms with van der Waals surface area (Å²) in [6.45, 7) is 1.18. The number of nitrogens with zero attached hydrogens (tertiary/aromatic N) is 1. The van der Waals surface area contributed by atoms with E-state index < -0.39 is 5.97 Å². The van der Waals surface area contributed by atoms with Gasteiger partial charge in [0.05, 0.1) is 6.42 Å². The lowest BCUT2D eigenvalue weighted by atomic mass is 9.97. The fourth-order valence-electron chi connectivity index (χ4n) is 1.61. The SMILES string of the molecule is O=C(O)CC1CN(C(=O)NC2CC2)C1. The number of nitrogens with one attached hydrogen (secondary N) is 1. The summed E-state index contributed by atoms with van der Waals surface area (Å²) in [7, 11) is 0. The van der Waals surface area contributed by atoms with Gasteiger partial charge in [0.15, 0.2) is 0 Å². The zero-order valence-electron chi connectivity index (χ0n) is 7.90. The van der Waals surface area contributed by atoms with Crippen molar-refractivity contribution in [2.75, 3.05) is 13.1 Å². The van der Waals surface area contributed by atoms with Crippen LogP contribution in [0.15, 0.2) is 0 Å². The summed E-state index contributed by atoms with van der Waals surface area (Å²) in [5, 5.41) is 11.4. The number of carboxylic acid groups (broad SMARTS) is 1. The van der Waals surface area contributed by atoms with Crippen LogP contribution in [0.2, 0.25) is 0 Å². The summed E-state index contributed by atoms with van der Waals surface area (Å²) >= 11 is 0. The van der Waals surface area contributed by atoms with E-state index in [0.29, 0.717) is 19.1 Å². The Morgan fingerprint density at radius 2 is 2.00 bits per heavy atom. The Labute approximate surface area is 82.1 Å². The predicted octanol–water partition coefficient (Wildman–Crippen LogP) is 0.265. The lowest BCUT2D eigenvalue weighted by Crippen LogP contribution is -2.54. The fraction of sp³-hybridized carbons (Fsp3) is 0.778. The largest absolute Gasteiger partial charge is 0.481 e. The van der Waals surface area contributed by atoms with E-state index in [4.69, 9.17) is 5.11 Å². The minimum atomic E-state index is -0.780. The standard InChI is InChI=1S/C9H14N2O3/c12-8(13)3-6-4-11(5-6)9(14)10-7-1-2-7/h6-7H,1-5H2,(H,10,14)(H,12,13). The molecule has 2 aliphatic rings. The molecule has 0 aromatic carbocycles. The van der Waals surface area contributed by atoms with E-state index in [0.717, 1.165) is 12.8 Å². The smallest absolute Gasteiger partial charge is 0.317 e. The number of hydrogen-bond donors (Lipinski definition) is 2. The van der Waals surface area contributed by atoms with Crippen LogP contribution in [-0.2, 0) is 4.79 Å². The third kappa shape index (κ3) is 2.16. The quantitative estimate of drug-likeness (QED) is 0.683. The maximum atomic E-state index is 11.4. The van der Waals surface area contributed by atoms with Gasteiger partial charge in [0, 0.05) is 25.0 Å². The number of aliphatic carboxylic acids is 1. The Morgan fingerprint density at radius 3 is 2.50 bits per heavy atom. The summed E-state index contributed by atoms with van der Waals surface area (Å²) in [5.74, 6) is -0.630. The highest BCUT2D eigenvalue weighted by Gasteiger charge is 2.34. The first-order chi connectivity index (χ1) is 6.65. The molecule has 2 fully saturated rings. The van der Waals surface area contributed by atoms with Crippen molar-refractivity contribution in [1.82, 2.24) is 10.2 Å². The van der Waals surface area contributed by atoms with Gasteiger partial charge in [-0.3, -0.25) is 4.79 Å². The van der Waals surface area contributed by atoms with Crippen molar-refractivity contribution in [2.24, 2.45) is 5.92 Å². The summed E-state index contributed by atoms with van der Waals surface area (Å²) < 4.78 is 0. The van der Waals surface area contributed by atoms with Gasteiger partial charge in [-0.05, 0) is 12.8 Å². The molecule has 0 bridgehead atoms. The molecule has 2 rings (SSSR count). The monoisotopic (exact) mass is 198 g/mol. The average Bonchev–Trinajstić information content (AvgIpc) is 2.78. The highest BCUT2D eigenvalue weighted by Crippen LogP contribution is 2.22. The third-order valence-corrected chi connectivity index (χ3v) is 2.61. The Hall–Kier alpha value is -1.26. The number of amides is 2. The zero-order chi connectivity index (χ0) is 10.1. The van der Waals surface area contributed by atoms with E-state index in [2.05, 4.69) is 5.32 Å². The Kier molecular flexibility index (Phi) is 2.31. The van der Waals surface area contributed by atoms with E-state index in [1.54, 1.807) is 4.90 Å². The van der Waals surface area contributed by atoms with Crippen molar-refractivity contribution in [1.29, 1.82) is 0 Å². The molecule has 0 aromatic heterocycles. The van der Waals surface area contributed by atoms with Crippen LogP contribution in [0.25, 0.3) is 0 Å². The average molecular weight is 198 g/mol. The van der Waals surface area contributed by atoms with Gasteiger partial charge in [-0.2, -0.15) is 0 Å². The maximum absolute atomic E-state index is 11.4. The van der Waals surface area contributed by atoms with Crippen molar-refractivity contribution < 1.29 is 14.7 Å². The summed E-state index contributed by atoms with van der Waals surface area (Å²) in [4.78, 5) is 23.4. The molecule has 0 unspecified atom stereocenters. The van der Waals surface area contributed by atoms with E-state index >= 15 is 0 Å². The second kappa shape index (κ2) is 3.48. The van der Waals surface area contributed by atoms with E-state index in [-0.39, 0.29) is 18.4 Å². The van der Waals surface area contributed by atoms with Crippen molar-refractivity contribution in [2.45, 2.75) is 25.3 Å². The molecule has 0 radical (unpaired) electrons. The van der Waals surface area contributed by atoms with Gasteiger partial charge in [-0.25, -0.2) is 4.79 Å². The molecule has 14 heavy (non-hydrogen) atoms. The van der Waals surface area contributed by atoms with E-state index in [1.807, 2.05) is 0 Å². The maximum Gasteiger partial charge on any atom is 0.317 e. The van der Waals surface area contributed by atoms with Crippen LogP contribution in [0.3, 0.4) is 0 Å². The molecule has 1 aliphatic heterocycles. The first-order valence-corrected chi connectivity index (χ1v) is 4.92. The summed E-state index contributed by atoms with van der Waals surface area (Å²) in [6.07, 6.45) is 2.34. The molecule has 0 spiro atoms. The lowest BCUT2D eigenvalue weighted by Gasteiger charge is -2.38. The number of hydrogen-bond acceptors (Lipinski definition) is 2. The molecule has 1 aliphatic carbocycles. The minimum Gasteiger partial charge on any atom is -0.481 e. The van der Waals surface area contributed by atoms with Crippen LogP contribution >= 0.6 is 0 Å². The van der Waals surface area contributed by atoms with Crippen molar-refractivity contribution >= 4 is 12.0 Å². The Morgan fingerprint density at radius 1 is 1.36 bits per heavy atom. The Bertz CT molecular complexity index is 257. The molecule has 0 atom stereocenters. The van der Waals surface area contributed by atoms with E-state index in [1.165, 1.54) is 0 Å². The van der Waals surface area contributed by atoms with Crippen molar-refractivity contribution in [3.05, 3.63) is 0 Å². The number of carbonyl (C=O) groups is 2. The topological polar surface area (TPSA) is 69.6 Å². The summed E-state index contributed by atoms with van der Waals surface area (Å²) in [6, 6.07) is 0.343. The number of rotatable bonds is 3. The van der Waals surface area contributed by atoms with Crippen LogP contribution in [0, 0.1) is 5.92 Å². The lowest BCUT2D eigenvalue weighted by molar-refractivity contribution is -0.139. The van der Waals surface area contributed by atoms with Gasteiger partial charge < -0.3 is 15.3 Å². The summed E-state index contributed by atoms with van der Waals surface area (Å²) in [5.41, 5.74) is 0. The number of carboxylic acids is 1. The van der Waals surface area contributed by atoms with Crippen LogP contribution < -0.4 is 5.32 Å². The molecule has 1 heterocycles. The van der Waals surface area contributed by atoms with Crippen LogP contribution in [-0.4, -0.2) is 41.1 Å². The van der Waals surface area contributed by atoms with Crippen molar-refractivity contribution in [3.8, 4) is 0 Å². The number of urea groups is 1. The fourth-order valence-corrected chi connectivity index (χ4v) is 1.61. The normalized spacial score (nSPS) is 21.6. The van der Waals surface area contributed by atoms with Gasteiger partial charge in [-0.1, -0.05) is 0 Å². The third-order valence-electron chi connectivity index (χ3n) is 2.61. The molecule has 0 aromatic rings. The van der Waals surface area contributed by atoms with Gasteiger partial charge >= 0.3 is 12.0 Å². The van der Waals surface area contributed by atoms with Crippen LogP contribution in [0.5, 0.6) is 0 Å². The molecule has 78 valence electrons. The van der Waals surface area contributed by atoms with Crippen molar-refractivity contribution in [3.63, 3.8) is 0 Å². The van der Waals surface area contributed by atoms with E-state index in [9.17, 15) is 9.59 Å². The first kappa shape index (κ1) is 9.30. The highest BCUT2D eigenvalue weighted by molar-refractivity contribution is 5.76.